The van der Waals surface area contributed by atoms with E-state index in [1.807, 2.05) is 0 Å². The molecule has 8 heteroatoms. The number of thiocarbonyl (C=S) groups is 1. The number of fused-ring (bicyclic) bond motifs is 1. The molecule has 24 heavy (non-hydrogen) atoms. The number of carbonyl (C=O) groups is 1. The summed E-state index contributed by atoms with van der Waals surface area (Å²) in [4.78, 5) is 23.9. The second-order valence-electron chi connectivity index (χ2n) is 5.81. The van der Waals surface area contributed by atoms with Gasteiger partial charge in [-0.25, -0.2) is 0 Å². The van der Waals surface area contributed by atoms with Crippen molar-refractivity contribution in [1.29, 1.82) is 0 Å². The Morgan fingerprint density at radius 2 is 2.00 bits per heavy atom. The third kappa shape index (κ3) is 3.88. The Morgan fingerprint density at radius 3 is 2.79 bits per heavy atom. The van der Waals surface area contributed by atoms with Gasteiger partial charge >= 0.3 is 0 Å². The minimum atomic E-state index is -0.299. The molecule has 1 amide bonds. The minimum absolute atomic E-state index is 0.0141. The van der Waals surface area contributed by atoms with Crippen molar-refractivity contribution in [3.05, 3.63) is 40.7 Å². The number of para-hydroxylation sites is 1. The Hall–Kier alpha value is -2.48. The van der Waals surface area contributed by atoms with Crippen LogP contribution in [0.2, 0.25) is 0 Å². The van der Waals surface area contributed by atoms with Gasteiger partial charge in [-0.05, 0) is 37.2 Å². The van der Waals surface area contributed by atoms with Crippen LogP contribution in [0.5, 0.6) is 0 Å². The Balaban J connectivity index is 1.58. The molecule has 1 aromatic carbocycles. The highest BCUT2D eigenvalue weighted by molar-refractivity contribution is 7.80. The Bertz CT molecular complexity index is 813. The van der Waals surface area contributed by atoms with E-state index in [0.29, 0.717) is 22.1 Å². The Kier molecular flexibility index (Phi) is 5.05. The van der Waals surface area contributed by atoms with Gasteiger partial charge in [0.25, 0.3) is 5.91 Å². The van der Waals surface area contributed by atoms with Crippen LogP contribution in [0.1, 0.15) is 25.7 Å². The van der Waals surface area contributed by atoms with Crippen molar-refractivity contribution in [1.82, 2.24) is 25.9 Å². The molecule has 0 unspecified atom stereocenters. The van der Waals surface area contributed by atoms with Crippen molar-refractivity contribution in [3.8, 4) is 0 Å². The highest BCUT2D eigenvalue weighted by Gasteiger charge is 2.15. The zero-order chi connectivity index (χ0) is 16.9. The number of nitrogens with one attached hydrogen (secondary N) is 3. The highest BCUT2D eigenvalue weighted by atomic mass is 32.1. The maximum absolute atomic E-state index is 12.1. The molecule has 3 rings (SSSR count). The van der Waals surface area contributed by atoms with Crippen molar-refractivity contribution in [2.24, 2.45) is 0 Å². The van der Waals surface area contributed by atoms with Gasteiger partial charge in [0.05, 0.1) is 11.7 Å². The fraction of sp³-hybridized carbons (Fsp3) is 0.375. The maximum Gasteiger partial charge on any atom is 0.260 e. The quantitative estimate of drug-likeness (QED) is 0.564. The van der Waals surface area contributed by atoms with Crippen LogP contribution in [0.25, 0.3) is 10.9 Å². The molecule has 1 aromatic heterocycles. The van der Waals surface area contributed by atoms with Crippen LogP contribution >= 0.6 is 12.2 Å². The lowest BCUT2D eigenvalue weighted by Gasteiger charge is -2.16. The van der Waals surface area contributed by atoms with Crippen LogP contribution in [0.4, 0.5) is 0 Å². The van der Waals surface area contributed by atoms with Gasteiger partial charge in [0, 0.05) is 11.4 Å². The molecule has 3 N–H and O–H groups in total. The molecule has 0 saturated heterocycles. The summed E-state index contributed by atoms with van der Waals surface area (Å²) in [6.07, 6.45) is 5.83. The van der Waals surface area contributed by atoms with Gasteiger partial charge in [-0.3, -0.25) is 25.1 Å². The number of carbonyl (C=O) groups excluding carboxylic acids is 1. The molecule has 0 atom stereocenters. The van der Waals surface area contributed by atoms with Gasteiger partial charge in [0.15, 0.2) is 5.11 Å². The van der Waals surface area contributed by atoms with Crippen molar-refractivity contribution < 1.29 is 4.79 Å². The van der Waals surface area contributed by atoms with Crippen molar-refractivity contribution in [3.63, 3.8) is 0 Å². The summed E-state index contributed by atoms with van der Waals surface area (Å²) in [6, 6.07) is 7.44. The summed E-state index contributed by atoms with van der Waals surface area (Å²) in [6.45, 7) is -0.0141. The van der Waals surface area contributed by atoms with Gasteiger partial charge in [0.1, 0.15) is 6.54 Å². The third-order valence-corrected chi connectivity index (χ3v) is 4.28. The number of hydrogen-bond donors (Lipinski definition) is 3. The fourth-order valence-electron chi connectivity index (χ4n) is 2.88. The first-order valence-corrected chi connectivity index (χ1v) is 8.34. The number of benzene rings is 1. The first-order valence-electron chi connectivity index (χ1n) is 7.94. The van der Waals surface area contributed by atoms with Crippen LogP contribution in [-0.2, 0) is 11.3 Å². The van der Waals surface area contributed by atoms with E-state index in [1.54, 1.807) is 24.3 Å². The summed E-state index contributed by atoms with van der Waals surface area (Å²) >= 11 is 5.17. The van der Waals surface area contributed by atoms with Crippen LogP contribution in [-0.4, -0.2) is 26.8 Å². The van der Waals surface area contributed by atoms with Crippen molar-refractivity contribution in [2.45, 2.75) is 38.3 Å². The second kappa shape index (κ2) is 7.39. The molecular formula is C16H19N5O2S. The molecule has 2 aromatic rings. The van der Waals surface area contributed by atoms with E-state index in [-0.39, 0.29) is 17.9 Å². The molecule has 0 radical (unpaired) electrons. The lowest BCUT2D eigenvalue weighted by molar-refractivity contribution is -0.122. The van der Waals surface area contributed by atoms with E-state index in [2.05, 4.69) is 21.3 Å². The SMILES string of the molecule is O=C(Cn1ncc(=O)c2ccccc21)NNC(=S)NC1CCCC1. The number of nitrogens with zero attached hydrogens (tertiary/aromatic N) is 2. The number of aromatic nitrogens is 2. The van der Waals surface area contributed by atoms with Crippen LogP contribution in [0, 0.1) is 0 Å². The monoisotopic (exact) mass is 345 g/mol. The molecule has 126 valence electrons. The molecule has 0 bridgehead atoms. The summed E-state index contributed by atoms with van der Waals surface area (Å²) in [5.74, 6) is -0.299. The minimum Gasteiger partial charge on any atom is -0.359 e. The lowest BCUT2D eigenvalue weighted by atomic mass is 10.2. The maximum atomic E-state index is 12.1. The third-order valence-electron chi connectivity index (χ3n) is 4.06. The summed E-state index contributed by atoms with van der Waals surface area (Å²) in [7, 11) is 0. The molecular weight excluding hydrogens is 326 g/mol. The standard InChI is InChI=1S/C16H19N5O2S/c22-14-9-17-21(13-8-4-3-7-12(13)14)10-15(23)19-20-16(24)18-11-5-1-2-6-11/h3-4,7-9,11H,1-2,5-6,10H2,(H,19,23)(H2,18,20,24). The fourth-order valence-corrected chi connectivity index (χ4v) is 3.10. The van der Waals surface area contributed by atoms with E-state index >= 15 is 0 Å². The zero-order valence-corrected chi connectivity index (χ0v) is 13.9. The smallest absolute Gasteiger partial charge is 0.260 e. The molecule has 1 aliphatic rings. The summed E-state index contributed by atoms with van der Waals surface area (Å²) < 4.78 is 1.49. The van der Waals surface area contributed by atoms with Crippen LogP contribution in [0.15, 0.2) is 35.3 Å². The molecule has 0 spiro atoms. The molecule has 1 aliphatic carbocycles. The number of hydrazine groups is 1. The second-order valence-corrected chi connectivity index (χ2v) is 6.22. The predicted molar refractivity (Wildman–Crippen MR) is 95.3 cm³/mol. The van der Waals surface area contributed by atoms with Gasteiger partial charge < -0.3 is 5.32 Å². The Labute approximate surface area is 144 Å². The molecule has 7 nitrogen and oxygen atoms in total. The number of rotatable bonds is 3. The van der Waals surface area contributed by atoms with Gasteiger partial charge in [-0.15, -0.1) is 0 Å². The highest BCUT2D eigenvalue weighted by Crippen LogP contribution is 2.17. The van der Waals surface area contributed by atoms with Crippen LogP contribution in [0.3, 0.4) is 0 Å². The van der Waals surface area contributed by atoms with E-state index < -0.39 is 0 Å². The molecule has 1 heterocycles. The average Bonchev–Trinajstić information content (AvgIpc) is 3.09. The topological polar surface area (TPSA) is 88.0 Å². The van der Waals surface area contributed by atoms with Crippen molar-refractivity contribution >= 4 is 34.1 Å². The van der Waals surface area contributed by atoms with Gasteiger partial charge in [-0.2, -0.15) is 5.10 Å². The Morgan fingerprint density at radius 1 is 1.25 bits per heavy atom. The van der Waals surface area contributed by atoms with Crippen molar-refractivity contribution in [2.75, 3.05) is 0 Å². The first kappa shape index (κ1) is 16.4. The molecule has 1 saturated carbocycles. The van der Waals surface area contributed by atoms with Crippen LogP contribution < -0.4 is 21.6 Å². The van der Waals surface area contributed by atoms with E-state index in [1.165, 1.54) is 23.7 Å². The first-order chi connectivity index (χ1) is 11.6. The predicted octanol–water partition coefficient (Wildman–Crippen LogP) is 0.834. The largest absolute Gasteiger partial charge is 0.359 e. The summed E-state index contributed by atoms with van der Waals surface area (Å²) in [5.41, 5.74) is 5.71. The van der Waals surface area contributed by atoms with E-state index in [9.17, 15) is 9.59 Å². The number of hydrogen-bond acceptors (Lipinski definition) is 4. The normalized spacial score (nSPS) is 14.5. The zero-order valence-electron chi connectivity index (χ0n) is 13.1. The summed E-state index contributed by atoms with van der Waals surface area (Å²) in [5, 5.41) is 8.14. The molecule has 1 fully saturated rings. The lowest BCUT2D eigenvalue weighted by Crippen LogP contribution is -2.50. The molecule has 0 aliphatic heterocycles. The average molecular weight is 345 g/mol. The van der Waals surface area contributed by atoms with Gasteiger partial charge in [-0.1, -0.05) is 25.0 Å². The van der Waals surface area contributed by atoms with E-state index in [0.717, 1.165) is 12.8 Å². The van der Waals surface area contributed by atoms with E-state index in [4.69, 9.17) is 12.2 Å². The van der Waals surface area contributed by atoms with Gasteiger partial charge in [0.2, 0.25) is 5.43 Å². The number of amides is 1.